The van der Waals surface area contributed by atoms with Crippen LogP contribution in [-0.2, 0) is 6.42 Å². The molecule has 0 atom stereocenters. The van der Waals surface area contributed by atoms with Crippen molar-refractivity contribution >= 4 is 32.3 Å². The lowest BCUT2D eigenvalue weighted by Gasteiger charge is -2.08. The Morgan fingerprint density at radius 3 is 2.05 bits per heavy atom. The molecule has 0 heterocycles. The topological polar surface area (TPSA) is 0 Å². The van der Waals surface area contributed by atoms with Gasteiger partial charge in [-0.05, 0) is 44.3 Å². The van der Waals surface area contributed by atoms with Crippen LogP contribution in [0.5, 0.6) is 0 Å². The highest BCUT2D eigenvalue weighted by Gasteiger charge is 2.04. The van der Waals surface area contributed by atoms with Crippen LogP contribution in [-0.4, -0.2) is 0 Å². The number of benzene rings is 4. The van der Waals surface area contributed by atoms with Gasteiger partial charge < -0.3 is 0 Å². The lowest BCUT2D eigenvalue weighted by Crippen LogP contribution is -1.83. The first-order valence-corrected chi connectivity index (χ1v) is 7.20. The van der Waals surface area contributed by atoms with Gasteiger partial charge in [-0.15, -0.1) is 0 Å². The molecular weight excluding hydrogens is 240 g/mol. The van der Waals surface area contributed by atoms with E-state index in [4.69, 9.17) is 0 Å². The highest BCUT2D eigenvalue weighted by Crippen LogP contribution is 2.31. The van der Waals surface area contributed by atoms with E-state index in [9.17, 15) is 0 Å². The van der Waals surface area contributed by atoms with Crippen LogP contribution in [0.15, 0.2) is 66.7 Å². The molecule has 0 N–H and O–H groups in total. The third-order valence-corrected chi connectivity index (χ3v) is 4.22. The van der Waals surface area contributed by atoms with Crippen molar-refractivity contribution < 1.29 is 0 Å². The standard InChI is InChI=1S/C20H16/c1-2-14-7-8-16-10-11-18-17-6-4-3-5-15(17)9-12-19(18)20(16)13-14/h3-13H,2H2,1H3. The molecule has 4 aromatic rings. The second-order valence-electron chi connectivity index (χ2n) is 5.36. The Bertz CT molecular complexity index is 932. The summed E-state index contributed by atoms with van der Waals surface area (Å²) in [5.41, 5.74) is 1.40. The molecule has 0 saturated heterocycles. The van der Waals surface area contributed by atoms with Crippen LogP contribution in [0.4, 0.5) is 0 Å². The monoisotopic (exact) mass is 256 g/mol. The fourth-order valence-corrected chi connectivity index (χ4v) is 3.09. The maximum atomic E-state index is 2.34. The SMILES string of the molecule is CCc1ccc2ccc3c4ccccc4ccc3c2c1. The van der Waals surface area contributed by atoms with E-state index in [1.807, 2.05) is 0 Å². The molecular formula is C20H16. The minimum absolute atomic E-state index is 1.08. The molecule has 0 radical (unpaired) electrons. The average Bonchev–Trinajstić information content (AvgIpc) is 2.53. The Labute approximate surface area is 118 Å². The summed E-state index contributed by atoms with van der Waals surface area (Å²) in [6.07, 6.45) is 1.08. The molecule has 0 unspecified atom stereocenters. The van der Waals surface area contributed by atoms with Gasteiger partial charge in [0.2, 0.25) is 0 Å². The van der Waals surface area contributed by atoms with E-state index in [1.165, 1.54) is 37.9 Å². The van der Waals surface area contributed by atoms with Gasteiger partial charge in [-0.25, -0.2) is 0 Å². The largest absolute Gasteiger partial charge is 0.0616 e. The number of rotatable bonds is 1. The van der Waals surface area contributed by atoms with E-state index in [1.54, 1.807) is 0 Å². The summed E-state index contributed by atoms with van der Waals surface area (Å²) < 4.78 is 0. The highest BCUT2D eigenvalue weighted by atomic mass is 14.1. The molecule has 0 aliphatic heterocycles. The zero-order valence-corrected chi connectivity index (χ0v) is 11.6. The molecule has 0 aliphatic carbocycles. The first kappa shape index (κ1) is 11.5. The third kappa shape index (κ3) is 1.61. The summed E-state index contributed by atoms with van der Waals surface area (Å²) in [6, 6.07) is 24.4. The summed E-state index contributed by atoms with van der Waals surface area (Å²) in [5, 5.41) is 8.05. The maximum absolute atomic E-state index is 2.34. The van der Waals surface area contributed by atoms with Crippen molar-refractivity contribution in [1.82, 2.24) is 0 Å². The molecule has 0 aromatic heterocycles. The van der Waals surface area contributed by atoms with Crippen molar-refractivity contribution in [1.29, 1.82) is 0 Å². The fraction of sp³-hybridized carbons (Fsp3) is 0.100. The van der Waals surface area contributed by atoms with Crippen LogP contribution in [0.2, 0.25) is 0 Å². The van der Waals surface area contributed by atoms with Gasteiger partial charge in [-0.3, -0.25) is 0 Å². The van der Waals surface area contributed by atoms with E-state index in [-0.39, 0.29) is 0 Å². The predicted octanol–water partition coefficient (Wildman–Crippen LogP) is 5.71. The Morgan fingerprint density at radius 1 is 0.600 bits per heavy atom. The number of hydrogen-bond acceptors (Lipinski definition) is 0. The van der Waals surface area contributed by atoms with Gasteiger partial charge in [-0.1, -0.05) is 73.7 Å². The number of aryl methyl sites for hydroxylation is 1. The molecule has 96 valence electrons. The third-order valence-electron chi connectivity index (χ3n) is 4.22. The van der Waals surface area contributed by atoms with Gasteiger partial charge in [0, 0.05) is 0 Å². The highest BCUT2D eigenvalue weighted by molar-refractivity contribution is 6.17. The molecule has 0 bridgehead atoms. The van der Waals surface area contributed by atoms with Crippen LogP contribution in [0.1, 0.15) is 12.5 Å². The van der Waals surface area contributed by atoms with Gasteiger partial charge >= 0.3 is 0 Å². The predicted molar refractivity (Wildman–Crippen MR) is 88.3 cm³/mol. The van der Waals surface area contributed by atoms with Crippen molar-refractivity contribution in [3.8, 4) is 0 Å². The zero-order valence-electron chi connectivity index (χ0n) is 11.6. The molecule has 0 saturated carbocycles. The lowest BCUT2D eigenvalue weighted by molar-refractivity contribution is 1.15. The van der Waals surface area contributed by atoms with E-state index in [0.29, 0.717) is 0 Å². The Kier molecular flexibility index (Phi) is 2.50. The van der Waals surface area contributed by atoms with Crippen LogP contribution >= 0.6 is 0 Å². The van der Waals surface area contributed by atoms with E-state index >= 15 is 0 Å². The van der Waals surface area contributed by atoms with Crippen LogP contribution < -0.4 is 0 Å². The van der Waals surface area contributed by atoms with E-state index < -0.39 is 0 Å². The Balaban J connectivity index is 2.21. The van der Waals surface area contributed by atoms with E-state index in [2.05, 4.69) is 73.7 Å². The molecule has 4 rings (SSSR count). The van der Waals surface area contributed by atoms with Gasteiger partial charge in [0.15, 0.2) is 0 Å². The molecule has 4 aromatic carbocycles. The first-order chi connectivity index (χ1) is 9.86. The van der Waals surface area contributed by atoms with Gasteiger partial charge in [-0.2, -0.15) is 0 Å². The van der Waals surface area contributed by atoms with Crippen molar-refractivity contribution in [3.05, 3.63) is 72.3 Å². The quantitative estimate of drug-likeness (QED) is 0.383. The second kappa shape index (κ2) is 4.35. The molecule has 0 fully saturated rings. The van der Waals surface area contributed by atoms with E-state index in [0.717, 1.165) is 6.42 Å². The first-order valence-electron chi connectivity index (χ1n) is 7.20. The van der Waals surface area contributed by atoms with Crippen molar-refractivity contribution in [2.75, 3.05) is 0 Å². The summed E-state index contributed by atoms with van der Waals surface area (Å²) in [5.74, 6) is 0. The molecule has 0 heteroatoms. The van der Waals surface area contributed by atoms with Crippen molar-refractivity contribution in [2.45, 2.75) is 13.3 Å². The Morgan fingerprint density at radius 2 is 1.25 bits per heavy atom. The van der Waals surface area contributed by atoms with Gasteiger partial charge in [0.25, 0.3) is 0 Å². The lowest BCUT2D eigenvalue weighted by atomic mass is 9.96. The molecule has 0 aliphatic rings. The van der Waals surface area contributed by atoms with Crippen molar-refractivity contribution in [3.63, 3.8) is 0 Å². The average molecular weight is 256 g/mol. The number of hydrogen-bond donors (Lipinski definition) is 0. The molecule has 0 spiro atoms. The number of fused-ring (bicyclic) bond motifs is 5. The summed E-state index contributed by atoms with van der Waals surface area (Å²) in [7, 11) is 0. The summed E-state index contributed by atoms with van der Waals surface area (Å²) >= 11 is 0. The molecule has 20 heavy (non-hydrogen) atoms. The van der Waals surface area contributed by atoms with Gasteiger partial charge in [0.05, 0.1) is 0 Å². The van der Waals surface area contributed by atoms with Gasteiger partial charge in [0.1, 0.15) is 0 Å². The molecule has 0 nitrogen and oxygen atoms in total. The minimum atomic E-state index is 1.08. The summed E-state index contributed by atoms with van der Waals surface area (Å²) in [6.45, 7) is 2.21. The minimum Gasteiger partial charge on any atom is -0.0616 e. The molecule has 0 amide bonds. The van der Waals surface area contributed by atoms with Crippen molar-refractivity contribution in [2.24, 2.45) is 0 Å². The smallest absolute Gasteiger partial charge is 0.00989 e. The maximum Gasteiger partial charge on any atom is -0.00989 e. The second-order valence-corrected chi connectivity index (χ2v) is 5.36. The zero-order chi connectivity index (χ0) is 13.5. The van der Waals surface area contributed by atoms with Crippen LogP contribution in [0.25, 0.3) is 32.3 Å². The normalized spacial score (nSPS) is 11.4. The fourth-order valence-electron chi connectivity index (χ4n) is 3.09. The van der Waals surface area contributed by atoms with Crippen LogP contribution in [0, 0.1) is 0 Å². The van der Waals surface area contributed by atoms with Crippen LogP contribution in [0.3, 0.4) is 0 Å². The summed E-state index contributed by atoms with van der Waals surface area (Å²) in [4.78, 5) is 0. The Hall–Kier alpha value is -2.34.